The van der Waals surface area contributed by atoms with Gasteiger partial charge in [-0.2, -0.15) is 0 Å². The minimum absolute atomic E-state index is 0.604. The van der Waals surface area contributed by atoms with Crippen molar-refractivity contribution in [3.63, 3.8) is 0 Å². The highest BCUT2D eigenvalue weighted by molar-refractivity contribution is 5.89. The summed E-state index contributed by atoms with van der Waals surface area (Å²) in [7, 11) is 0. The molecule has 0 aromatic heterocycles. The van der Waals surface area contributed by atoms with Gasteiger partial charge in [0.2, 0.25) is 0 Å². The molecule has 0 spiro atoms. The van der Waals surface area contributed by atoms with E-state index in [1.54, 1.807) is 6.20 Å². The van der Waals surface area contributed by atoms with E-state index >= 15 is 0 Å². The molecule has 0 radical (unpaired) electrons. The average Bonchev–Trinajstić information content (AvgIpc) is 2.14. The molecule has 0 aliphatic carbocycles. The Balaban J connectivity index is 2.45. The molecule has 0 aromatic carbocycles. The van der Waals surface area contributed by atoms with Gasteiger partial charge in [0.1, 0.15) is 0 Å². The van der Waals surface area contributed by atoms with Crippen LogP contribution in [-0.4, -0.2) is 12.3 Å². The summed E-state index contributed by atoms with van der Waals surface area (Å²) < 4.78 is 0. The van der Waals surface area contributed by atoms with Crippen LogP contribution in [0.2, 0.25) is 0 Å². The Kier molecular flexibility index (Phi) is 1.22. The smallest absolute Gasteiger partial charge is 0.0352 e. The van der Waals surface area contributed by atoms with Gasteiger partial charge in [-0.3, -0.25) is 4.99 Å². The first-order chi connectivity index (χ1) is 3.43. The summed E-state index contributed by atoms with van der Waals surface area (Å²) in [4.78, 5) is 3.97. The van der Waals surface area contributed by atoms with E-state index in [0.717, 1.165) is 12.1 Å². The predicted molar refractivity (Wildman–Crippen MR) is 30.2 cm³/mol. The average molecular weight is 96.1 g/mol. The SMILES string of the molecule is NCC1=NC=CC1. The van der Waals surface area contributed by atoms with Crippen LogP contribution in [0.3, 0.4) is 0 Å². The number of allylic oxidation sites excluding steroid dienone is 1. The lowest BCUT2D eigenvalue weighted by Gasteiger charge is -1.86. The van der Waals surface area contributed by atoms with Crippen LogP contribution in [0, 0.1) is 0 Å². The fourth-order valence-corrected chi connectivity index (χ4v) is 0.536. The second-order valence-electron chi connectivity index (χ2n) is 1.49. The Morgan fingerprint density at radius 1 is 1.86 bits per heavy atom. The second kappa shape index (κ2) is 1.89. The van der Waals surface area contributed by atoms with Crippen LogP contribution in [0.15, 0.2) is 17.3 Å². The van der Waals surface area contributed by atoms with Crippen LogP contribution >= 0.6 is 0 Å². The summed E-state index contributed by atoms with van der Waals surface area (Å²) in [6.45, 7) is 0.604. The topological polar surface area (TPSA) is 38.4 Å². The second-order valence-corrected chi connectivity index (χ2v) is 1.49. The summed E-state index contributed by atoms with van der Waals surface area (Å²) >= 11 is 0. The lowest BCUT2D eigenvalue weighted by molar-refractivity contribution is 1.26. The first-order valence-corrected chi connectivity index (χ1v) is 2.34. The minimum atomic E-state index is 0.604. The Bertz CT molecular complexity index is 113. The molecule has 0 unspecified atom stereocenters. The van der Waals surface area contributed by atoms with E-state index in [9.17, 15) is 0 Å². The minimum Gasteiger partial charge on any atom is -0.325 e. The zero-order valence-corrected chi connectivity index (χ0v) is 4.09. The fourth-order valence-electron chi connectivity index (χ4n) is 0.536. The molecule has 38 valence electrons. The van der Waals surface area contributed by atoms with Gasteiger partial charge in [0.05, 0.1) is 0 Å². The summed E-state index contributed by atoms with van der Waals surface area (Å²) in [6.07, 6.45) is 4.75. The van der Waals surface area contributed by atoms with E-state index in [2.05, 4.69) is 4.99 Å². The van der Waals surface area contributed by atoms with E-state index in [-0.39, 0.29) is 0 Å². The van der Waals surface area contributed by atoms with Crippen LogP contribution in [0.1, 0.15) is 6.42 Å². The van der Waals surface area contributed by atoms with E-state index in [1.807, 2.05) is 6.08 Å². The van der Waals surface area contributed by atoms with Gasteiger partial charge in [0.25, 0.3) is 0 Å². The van der Waals surface area contributed by atoms with Crippen LogP contribution in [0.25, 0.3) is 0 Å². The van der Waals surface area contributed by atoms with Gasteiger partial charge < -0.3 is 5.73 Å². The van der Waals surface area contributed by atoms with Gasteiger partial charge >= 0.3 is 0 Å². The maximum absolute atomic E-state index is 5.26. The Morgan fingerprint density at radius 3 is 3.00 bits per heavy atom. The normalized spacial score (nSPS) is 17.6. The maximum atomic E-state index is 5.26. The highest BCUT2D eigenvalue weighted by Gasteiger charge is 1.94. The number of nitrogens with zero attached hydrogens (tertiary/aromatic N) is 1. The number of hydrogen-bond donors (Lipinski definition) is 1. The quantitative estimate of drug-likeness (QED) is 0.501. The summed E-state index contributed by atoms with van der Waals surface area (Å²) in [6, 6.07) is 0. The van der Waals surface area contributed by atoms with Crippen molar-refractivity contribution in [1.29, 1.82) is 0 Å². The largest absolute Gasteiger partial charge is 0.325 e. The maximum Gasteiger partial charge on any atom is 0.0352 e. The van der Waals surface area contributed by atoms with Crippen LogP contribution in [-0.2, 0) is 0 Å². The molecule has 1 rings (SSSR count). The van der Waals surface area contributed by atoms with Crippen molar-refractivity contribution in [3.05, 3.63) is 12.3 Å². The number of rotatable bonds is 1. The van der Waals surface area contributed by atoms with Gasteiger partial charge in [-0.25, -0.2) is 0 Å². The highest BCUT2D eigenvalue weighted by atomic mass is 14.8. The van der Waals surface area contributed by atoms with Crippen LogP contribution < -0.4 is 5.73 Å². The predicted octanol–water partition coefficient (Wildman–Crippen LogP) is 0.304. The number of aliphatic imine (C=N–C) groups is 1. The van der Waals surface area contributed by atoms with Crippen molar-refractivity contribution >= 4 is 5.71 Å². The zero-order valence-electron chi connectivity index (χ0n) is 4.09. The lowest BCUT2D eigenvalue weighted by atomic mass is 10.3. The monoisotopic (exact) mass is 96.1 g/mol. The molecule has 0 saturated heterocycles. The molecule has 0 aromatic rings. The molecule has 1 aliphatic heterocycles. The van der Waals surface area contributed by atoms with Crippen molar-refractivity contribution < 1.29 is 0 Å². The van der Waals surface area contributed by atoms with E-state index in [0.29, 0.717) is 6.54 Å². The zero-order chi connectivity index (χ0) is 5.11. The fraction of sp³-hybridized carbons (Fsp3) is 0.400. The molecule has 0 saturated carbocycles. The molecule has 7 heavy (non-hydrogen) atoms. The first kappa shape index (κ1) is 4.53. The molecule has 0 amide bonds. The molecular formula is C5H8N2. The Labute approximate surface area is 42.7 Å². The van der Waals surface area contributed by atoms with E-state index in [4.69, 9.17) is 5.73 Å². The van der Waals surface area contributed by atoms with Crippen molar-refractivity contribution in [3.8, 4) is 0 Å². The molecule has 2 nitrogen and oxygen atoms in total. The molecule has 1 aliphatic rings. The Morgan fingerprint density at radius 2 is 2.71 bits per heavy atom. The first-order valence-electron chi connectivity index (χ1n) is 2.34. The van der Waals surface area contributed by atoms with Crippen LogP contribution in [0.4, 0.5) is 0 Å². The molecular weight excluding hydrogens is 88.1 g/mol. The lowest BCUT2D eigenvalue weighted by Crippen LogP contribution is -2.10. The third kappa shape index (κ3) is 0.871. The standard InChI is InChI=1S/C5H8N2/c6-4-5-2-1-3-7-5/h1,3H,2,4,6H2. The third-order valence-corrected chi connectivity index (χ3v) is 0.952. The number of hydrogen-bond acceptors (Lipinski definition) is 2. The van der Waals surface area contributed by atoms with Gasteiger partial charge in [0, 0.05) is 24.9 Å². The van der Waals surface area contributed by atoms with Crippen molar-refractivity contribution in [2.24, 2.45) is 10.7 Å². The van der Waals surface area contributed by atoms with Crippen LogP contribution in [0.5, 0.6) is 0 Å². The van der Waals surface area contributed by atoms with Crippen molar-refractivity contribution in [2.45, 2.75) is 6.42 Å². The molecule has 2 N–H and O–H groups in total. The number of nitrogens with two attached hydrogens (primary N) is 1. The van der Waals surface area contributed by atoms with E-state index in [1.165, 1.54) is 0 Å². The van der Waals surface area contributed by atoms with Crippen molar-refractivity contribution in [2.75, 3.05) is 6.54 Å². The Hall–Kier alpha value is -0.630. The van der Waals surface area contributed by atoms with Crippen molar-refractivity contribution in [1.82, 2.24) is 0 Å². The van der Waals surface area contributed by atoms with E-state index < -0.39 is 0 Å². The molecule has 0 bridgehead atoms. The van der Waals surface area contributed by atoms with Gasteiger partial charge in [-0.15, -0.1) is 0 Å². The summed E-state index contributed by atoms with van der Waals surface area (Å²) in [5, 5.41) is 0. The highest BCUT2D eigenvalue weighted by Crippen LogP contribution is 1.96. The van der Waals surface area contributed by atoms with Gasteiger partial charge in [-0.05, 0) is 0 Å². The van der Waals surface area contributed by atoms with Gasteiger partial charge in [0.15, 0.2) is 0 Å². The van der Waals surface area contributed by atoms with Gasteiger partial charge in [-0.1, -0.05) is 6.08 Å². The summed E-state index contributed by atoms with van der Waals surface area (Å²) in [5.74, 6) is 0. The third-order valence-electron chi connectivity index (χ3n) is 0.952. The molecule has 0 atom stereocenters. The summed E-state index contributed by atoms with van der Waals surface area (Å²) in [5.41, 5.74) is 6.35. The molecule has 0 fully saturated rings. The molecule has 1 heterocycles. The molecule has 2 heteroatoms.